The predicted octanol–water partition coefficient (Wildman–Crippen LogP) is 1.33. The molecule has 3 rings (SSSR count). The summed E-state index contributed by atoms with van der Waals surface area (Å²) in [7, 11) is 0. The predicted molar refractivity (Wildman–Crippen MR) is 74.5 cm³/mol. The minimum absolute atomic E-state index is 0.717. The van der Waals surface area contributed by atoms with E-state index in [4.69, 9.17) is 11.6 Å². The van der Waals surface area contributed by atoms with E-state index in [0.29, 0.717) is 0 Å². The fourth-order valence-corrected chi connectivity index (χ4v) is 2.49. The van der Waals surface area contributed by atoms with Crippen molar-refractivity contribution in [3.05, 3.63) is 41.4 Å². The second-order valence-electron chi connectivity index (χ2n) is 4.64. The first-order valence-corrected chi connectivity index (χ1v) is 6.77. The lowest BCUT2D eigenvalue weighted by Gasteiger charge is -2.27. The smallest absolute Gasteiger partial charge is 0.138 e. The van der Waals surface area contributed by atoms with Gasteiger partial charge in [0.25, 0.3) is 0 Å². The van der Waals surface area contributed by atoms with Crippen LogP contribution in [0.25, 0.3) is 5.69 Å². The number of nitrogens with one attached hydrogen (secondary N) is 1. The monoisotopic (exact) mass is 277 g/mol. The Morgan fingerprint density at radius 2 is 2.11 bits per heavy atom. The minimum Gasteiger partial charge on any atom is -0.314 e. The van der Waals surface area contributed by atoms with Gasteiger partial charge in [-0.25, -0.2) is 9.67 Å². The topological polar surface area (TPSA) is 46.0 Å². The van der Waals surface area contributed by atoms with Crippen LogP contribution >= 0.6 is 11.6 Å². The van der Waals surface area contributed by atoms with Gasteiger partial charge in [0.2, 0.25) is 0 Å². The zero-order valence-electron chi connectivity index (χ0n) is 10.6. The summed E-state index contributed by atoms with van der Waals surface area (Å²) in [6.07, 6.45) is 3.24. The van der Waals surface area contributed by atoms with E-state index in [1.54, 1.807) is 11.0 Å². The first-order chi connectivity index (χ1) is 9.33. The maximum Gasteiger partial charge on any atom is 0.138 e. The fraction of sp³-hybridized carbons (Fsp3) is 0.385. The highest BCUT2D eigenvalue weighted by molar-refractivity contribution is 6.30. The summed E-state index contributed by atoms with van der Waals surface area (Å²) >= 11 is 6.09. The van der Waals surface area contributed by atoms with E-state index in [-0.39, 0.29) is 0 Å². The third-order valence-electron chi connectivity index (χ3n) is 3.32. The second kappa shape index (κ2) is 5.69. The standard InChI is InChI=1S/C13H16ClN5/c14-12-2-1-11(8-18-5-3-15-4-6-18)13(7-12)19-10-16-9-17-19/h1-2,7,9-10,15H,3-6,8H2. The van der Waals surface area contributed by atoms with Gasteiger partial charge < -0.3 is 5.32 Å². The van der Waals surface area contributed by atoms with Crippen molar-refractivity contribution >= 4 is 11.6 Å². The molecule has 1 aromatic heterocycles. The van der Waals surface area contributed by atoms with Crippen LogP contribution in [-0.2, 0) is 6.54 Å². The van der Waals surface area contributed by atoms with Crippen LogP contribution < -0.4 is 5.32 Å². The van der Waals surface area contributed by atoms with Crippen molar-refractivity contribution in [3.8, 4) is 5.69 Å². The Morgan fingerprint density at radius 3 is 2.84 bits per heavy atom. The van der Waals surface area contributed by atoms with Gasteiger partial charge in [0.1, 0.15) is 12.7 Å². The highest BCUT2D eigenvalue weighted by Gasteiger charge is 2.13. The van der Waals surface area contributed by atoms with Crippen molar-refractivity contribution < 1.29 is 0 Å². The van der Waals surface area contributed by atoms with Crippen molar-refractivity contribution in [1.82, 2.24) is 25.0 Å². The molecule has 1 aliphatic rings. The zero-order valence-corrected chi connectivity index (χ0v) is 11.3. The molecular weight excluding hydrogens is 262 g/mol. The molecule has 1 aliphatic heterocycles. The Balaban J connectivity index is 1.87. The molecule has 1 saturated heterocycles. The second-order valence-corrected chi connectivity index (χ2v) is 5.08. The van der Waals surface area contributed by atoms with Crippen molar-refractivity contribution in [2.75, 3.05) is 26.2 Å². The molecule has 0 unspecified atom stereocenters. The normalized spacial score (nSPS) is 16.7. The van der Waals surface area contributed by atoms with Gasteiger partial charge in [-0.3, -0.25) is 4.90 Å². The summed E-state index contributed by atoms with van der Waals surface area (Å²) in [5.74, 6) is 0. The highest BCUT2D eigenvalue weighted by atomic mass is 35.5. The number of rotatable bonds is 3. The number of hydrogen-bond donors (Lipinski definition) is 1. The van der Waals surface area contributed by atoms with Gasteiger partial charge in [0.15, 0.2) is 0 Å². The van der Waals surface area contributed by atoms with E-state index in [0.717, 1.165) is 43.4 Å². The number of benzene rings is 1. The van der Waals surface area contributed by atoms with Crippen molar-refractivity contribution in [2.45, 2.75) is 6.54 Å². The van der Waals surface area contributed by atoms with Crippen LogP contribution in [-0.4, -0.2) is 45.8 Å². The maximum absolute atomic E-state index is 6.09. The number of piperazine rings is 1. The lowest BCUT2D eigenvalue weighted by Crippen LogP contribution is -2.43. The lowest BCUT2D eigenvalue weighted by atomic mass is 10.1. The SMILES string of the molecule is Clc1ccc(CN2CCNCC2)c(-n2cncn2)c1. The molecule has 19 heavy (non-hydrogen) atoms. The molecule has 2 aromatic rings. The molecule has 0 saturated carbocycles. The van der Waals surface area contributed by atoms with E-state index in [9.17, 15) is 0 Å². The van der Waals surface area contributed by atoms with Crippen molar-refractivity contribution in [3.63, 3.8) is 0 Å². The number of hydrogen-bond acceptors (Lipinski definition) is 4. The Hall–Kier alpha value is -1.43. The minimum atomic E-state index is 0.717. The molecule has 1 aromatic carbocycles. The maximum atomic E-state index is 6.09. The van der Waals surface area contributed by atoms with E-state index < -0.39 is 0 Å². The molecule has 0 atom stereocenters. The Labute approximate surface area is 117 Å². The van der Waals surface area contributed by atoms with Gasteiger partial charge in [-0.1, -0.05) is 17.7 Å². The molecular formula is C13H16ClN5. The molecule has 0 amide bonds. The Morgan fingerprint density at radius 1 is 1.26 bits per heavy atom. The lowest BCUT2D eigenvalue weighted by molar-refractivity contribution is 0.233. The third kappa shape index (κ3) is 2.94. The largest absolute Gasteiger partial charge is 0.314 e. The van der Waals surface area contributed by atoms with Crippen LogP contribution in [0.1, 0.15) is 5.56 Å². The molecule has 0 spiro atoms. The van der Waals surface area contributed by atoms with Crippen LogP contribution in [0.3, 0.4) is 0 Å². The quantitative estimate of drug-likeness (QED) is 0.919. The number of aromatic nitrogens is 3. The third-order valence-corrected chi connectivity index (χ3v) is 3.55. The van der Waals surface area contributed by atoms with Gasteiger partial charge >= 0.3 is 0 Å². The summed E-state index contributed by atoms with van der Waals surface area (Å²) in [6, 6.07) is 5.94. The molecule has 5 nitrogen and oxygen atoms in total. The summed E-state index contributed by atoms with van der Waals surface area (Å²) in [5, 5.41) is 8.28. The number of halogens is 1. The van der Waals surface area contributed by atoms with Crippen LogP contribution in [0, 0.1) is 0 Å². The van der Waals surface area contributed by atoms with Crippen LogP contribution in [0.5, 0.6) is 0 Å². The summed E-state index contributed by atoms with van der Waals surface area (Å²) in [6.45, 7) is 5.14. The Bertz CT molecular complexity index is 534. The van der Waals surface area contributed by atoms with Gasteiger partial charge in [-0.2, -0.15) is 5.10 Å². The molecule has 0 bridgehead atoms. The van der Waals surface area contributed by atoms with Gasteiger partial charge in [0.05, 0.1) is 5.69 Å². The molecule has 100 valence electrons. The molecule has 1 N–H and O–H groups in total. The van der Waals surface area contributed by atoms with Gasteiger partial charge in [-0.05, 0) is 17.7 Å². The van der Waals surface area contributed by atoms with E-state index in [2.05, 4.69) is 26.4 Å². The number of nitrogens with zero attached hydrogens (tertiary/aromatic N) is 4. The molecule has 6 heteroatoms. The van der Waals surface area contributed by atoms with Crippen LogP contribution in [0.2, 0.25) is 5.02 Å². The molecule has 0 aliphatic carbocycles. The van der Waals surface area contributed by atoms with Crippen LogP contribution in [0.4, 0.5) is 0 Å². The van der Waals surface area contributed by atoms with E-state index in [1.807, 2.05) is 12.1 Å². The fourth-order valence-electron chi connectivity index (χ4n) is 2.33. The average Bonchev–Trinajstić information content (AvgIpc) is 2.96. The highest BCUT2D eigenvalue weighted by Crippen LogP contribution is 2.20. The summed E-state index contributed by atoms with van der Waals surface area (Å²) < 4.78 is 1.77. The van der Waals surface area contributed by atoms with E-state index >= 15 is 0 Å². The first-order valence-electron chi connectivity index (χ1n) is 6.39. The van der Waals surface area contributed by atoms with Crippen molar-refractivity contribution in [1.29, 1.82) is 0 Å². The average molecular weight is 278 g/mol. The van der Waals surface area contributed by atoms with Gasteiger partial charge in [0, 0.05) is 37.7 Å². The Kier molecular flexibility index (Phi) is 3.77. The first kappa shape index (κ1) is 12.6. The zero-order chi connectivity index (χ0) is 13.1. The summed E-state index contributed by atoms with van der Waals surface area (Å²) in [5.41, 5.74) is 2.22. The summed E-state index contributed by atoms with van der Waals surface area (Å²) in [4.78, 5) is 6.43. The molecule has 2 heterocycles. The van der Waals surface area contributed by atoms with E-state index in [1.165, 1.54) is 11.9 Å². The van der Waals surface area contributed by atoms with Crippen molar-refractivity contribution in [2.24, 2.45) is 0 Å². The van der Waals surface area contributed by atoms with Crippen LogP contribution in [0.15, 0.2) is 30.9 Å². The van der Waals surface area contributed by atoms with Gasteiger partial charge in [-0.15, -0.1) is 0 Å². The molecule has 0 radical (unpaired) electrons. The molecule has 1 fully saturated rings.